The molecule has 0 unspecified atom stereocenters. The first-order valence-electron chi connectivity index (χ1n) is 7.55. The Bertz CT molecular complexity index is 737. The summed E-state index contributed by atoms with van der Waals surface area (Å²) >= 11 is 0. The molecule has 0 saturated carbocycles. The van der Waals surface area contributed by atoms with Crippen molar-refractivity contribution in [3.63, 3.8) is 0 Å². The van der Waals surface area contributed by atoms with Crippen LogP contribution in [0.25, 0.3) is 0 Å². The van der Waals surface area contributed by atoms with Crippen LogP contribution in [0.15, 0.2) is 36.7 Å². The molecule has 2 N–H and O–H groups in total. The Labute approximate surface area is 140 Å². The number of methoxy groups -OCH3 is 1. The van der Waals surface area contributed by atoms with Crippen molar-refractivity contribution in [3.05, 3.63) is 42.2 Å². The van der Waals surface area contributed by atoms with E-state index in [4.69, 9.17) is 4.74 Å². The lowest BCUT2D eigenvalue weighted by molar-refractivity contribution is -0.146. The van der Waals surface area contributed by atoms with Crippen molar-refractivity contribution >= 4 is 17.6 Å². The lowest BCUT2D eigenvalue weighted by Crippen LogP contribution is -2.35. The van der Waals surface area contributed by atoms with Crippen molar-refractivity contribution in [2.24, 2.45) is 0 Å². The van der Waals surface area contributed by atoms with Crippen molar-refractivity contribution in [3.8, 4) is 5.75 Å². The quantitative estimate of drug-likeness (QED) is 0.812. The summed E-state index contributed by atoms with van der Waals surface area (Å²) in [5.41, 5.74) is 0.243. The second-order valence-electron chi connectivity index (χ2n) is 5.90. The number of nitrogens with one attached hydrogen (secondary N) is 1. The molecule has 7 heteroatoms. The predicted molar refractivity (Wildman–Crippen MR) is 89.1 cm³/mol. The molecular formula is C17H21N3O4. The lowest BCUT2D eigenvalue weighted by atomic mass is 10.1. The molecule has 0 radical (unpaired) electrons. The molecule has 2 aromatic rings. The molecule has 1 aromatic heterocycles. The van der Waals surface area contributed by atoms with Crippen LogP contribution in [-0.2, 0) is 21.5 Å². The van der Waals surface area contributed by atoms with Crippen molar-refractivity contribution in [1.29, 1.82) is 0 Å². The maximum Gasteiger partial charge on any atom is 0.331 e. The van der Waals surface area contributed by atoms with Gasteiger partial charge in [-0.25, -0.2) is 4.79 Å². The molecule has 0 atom stereocenters. The molecule has 7 nitrogen and oxygen atoms in total. The Balaban J connectivity index is 1.96. The average Bonchev–Trinajstić information content (AvgIpc) is 3.02. The van der Waals surface area contributed by atoms with Crippen LogP contribution in [0, 0.1) is 0 Å². The minimum Gasteiger partial charge on any atom is -0.496 e. The van der Waals surface area contributed by atoms with E-state index in [0.29, 0.717) is 12.1 Å². The van der Waals surface area contributed by atoms with Gasteiger partial charge in [0.05, 0.1) is 19.0 Å². The molecule has 0 saturated heterocycles. The number of hydrogen-bond acceptors (Lipinski definition) is 4. The van der Waals surface area contributed by atoms with Gasteiger partial charge in [-0.05, 0) is 31.9 Å². The summed E-state index contributed by atoms with van der Waals surface area (Å²) in [4.78, 5) is 23.3. The van der Waals surface area contributed by atoms with Crippen LogP contribution < -0.4 is 10.1 Å². The largest absolute Gasteiger partial charge is 0.496 e. The summed E-state index contributed by atoms with van der Waals surface area (Å²) < 4.78 is 6.57. The molecule has 1 heterocycles. The number of rotatable bonds is 7. The number of nitrogens with zero attached hydrogens (tertiary/aromatic N) is 2. The van der Waals surface area contributed by atoms with Gasteiger partial charge in [-0.1, -0.05) is 18.2 Å². The zero-order chi connectivity index (χ0) is 17.7. The normalized spacial score (nSPS) is 11.1. The molecule has 1 aromatic carbocycles. The first-order valence-corrected chi connectivity index (χ1v) is 7.55. The van der Waals surface area contributed by atoms with Gasteiger partial charge in [0, 0.05) is 12.6 Å². The number of anilines is 1. The smallest absolute Gasteiger partial charge is 0.331 e. The van der Waals surface area contributed by atoms with Crippen molar-refractivity contribution in [2.45, 2.75) is 32.2 Å². The van der Waals surface area contributed by atoms with Crippen LogP contribution in [0.1, 0.15) is 25.8 Å². The van der Waals surface area contributed by atoms with Crippen molar-refractivity contribution < 1.29 is 19.4 Å². The number of carbonyl (C=O) groups is 2. The predicted octanol–water partition coefficient (Wildman–Crippen LogP) is 2.28. The van der Waals surface area contributed by atoms with Gasteiger partial charge in [0.25, 0.3) is 0 Å². The number of ether oxygens (including phenoxy) is 1. The number of aliphatic carboxylic acids is 1. The average molecular weight is 331 g/mol. The Morgan fingerprint density at radius 1 is 1.33 bits per heavy atom. The van der Waals surface area contributed by atoms with E-state index in [2.05, 4.69) is 10.4 Å². The summed E-state index contributed by atoms with van der Waals surface area (Å²) in [6.07, 6.45) is 3.78. The van der Waals surface area contributed by atoms with Gasteiger partial charge in [0.2, 0.25) is 5.91 Å². The van der Waals surface area contributed by atoms with Crippen molar-refractivity contribution in [2.75, 3.05) is 12.4 Å². The third-order valence-electron chi connectivity index (χ3n) is 3.78. The SMILES string of the molecule is COc1ccccc1CCC(=O)Nc1cnn(C(C)(C)C(=O)O)c1. The van der Waals surface area contributed by atoms with Gasteiger partial charge in [-0.15, -0.1) is 0 Å². The number of para-hydroxylation sites is 1. The zero-order valence-corrected chi connectivity index (χ0v) is 13.9. The fraction of sp³-hybridized carbons (Fsp3) is 0.353. The summed E-state index contributed by atoms with van der Waals surface area (Å²) in [7, 11) is 1.59. The first kappa shape index (κ1) is 17.5. The number of amides is 1. The molecule has 0 fully saturated rings. The second-order valence-corrected chi connectivity index (χ2v) is 5.90. The number of carbonyl (C=O) groups excluding carboxylic acids is 1. The Morgan fingerprint density at radius 2 is 2.04 bits per heavy atom. The van der Waals surface area contributed by atoms with Gasteiger partial charge >= 0.3 is 5.97 Å². The van der Waals surface area contributed by atoms with E-state index < -0.39 is 11.5 Å². The number of carboxylic acids is 1. The monoisotopic (exact) mass is 331 g/mol. The van der Waals surface area contributed by atoms with Gasteiger partial charge < -0.3 is 15.2 Å². The summed E-state index contributed by atoms with van der Waals surface area (Å²) in [5, 5.41) is 15.9. The summed E-state index contributed by atoms with van der Waals surface area (Å²) in [6, 6.07) is 7.54. The van der Waals surface area contributed by atoms with E-state index in [1.807, 2.05) is 24.3 Å². The minimum absolute atomic E-state index is 0.173. The van der Waals surface area contributed by atoms with E-state index in [0.717, 1.165) is 11.3 Å². The van der Waals surface area contributed by atoms with Gasteiger partial charge in [-0.2, -0.15) is 5.10 Å². The van der Waals surface area contributed by atoms with E-state index in [1.54, 1.807) is 7.11 Å². The van der Waals surface area contributed by atoms with Crippen LogP contribution >= 0.6 is 0 Å². The van der Waals surface area contributed by atoms with Crippen LogP contribution in [0.2, 0.25) is 0 Å². The Kier molecular flexibility index (Phi) is 5.23. The second kappa shape index (κ2) is 7.16. The highest BCUT2D eigenvalue weighted by Gasteiger charge is 2.30. The number of benzene rings is 1. The van der Waals surface area contributed by atoms with Gasteiger partial charge in [-0.3, -0.25) is 9.48 Å². The molecule has 2 rings (SSSR count). The van der Waals surface area contributed by atoms with E-state index in [1.165, 1.54) is 30.9 Å². The summed E-state index contributed by atoms with van der Waals surface area (Å²) in [5.74, 6) is -0.422. The van der Waals surface area contributed by atoms with Gasteiger partial charge in [0.15, 0.2) is 5.54 Å². The zero-order valence-electron chi connectivity index (χ0n) is 13.9. The first-order chi connectivity index (χ1) is 11.3. The van der Waals surface area contributed by atoms with E-state index >= 15 is 0 Å². The fourth-order valence-corrected chi connectivity index (χ4v) is 2.17. The highest BCUT2D eigenvalue weighted by molar-refractivity contribution is 5.90. The molecule has 128 valence electrons. The summed E-state index contributed by atoms with van der Waals surface area (Å²) in [6.45, 7) is 3.07. The molecule has 0 bridgehead atoms. The maximum absolute atomic E-state index is 12.1. The molecular weight excluding hydrogens is 310 g/mol. The van der Waals surface area contributed by atoms with Crippen LogP contribution in [0.5, 0.6) is 5.75 Å². The van der Waals surface area contributed by atoms with Crippen LogP contribution in [0.3, 0.4) is 0 Å². The number of aromatic nitrogens is 2. The molecule has 24 heavy (non-hydrogen) atoms. The van der Waals surface area contributed by atoms with Gasteiger partial charge in [0.1, 0.15) is 5.75 Å². The van der Waals surface area contributed by atoms with E-state index in [-0.39, 0.29) is 12.3 Å². The highest BCUT2D eigenvalue weighted by atomic mass is 16.5. The highest BCUT2D eigenvalue weighted by Crippen LogP contribution is 2.20. The van der Waals surface area contributed by atoms with Crippen LogP contribution in [0.4, 0.5) is 5.69 Å². The van der Waals surface area contributed by atoms with E-state index in [9.17, 15) is 14.7 Å². The minimum atomic E-state index is -1.18. The molecule has 0 aliphatic rings. The third kappa shape index (κ3) is 3.92. The Hall–Kier alpha value is -2.83. The number of aryl methyl sites for hydroxylation is 1. The Morgan fingerprint density at radius 3 is 2.71 bits per heavy atom. The van der Waals surface area contributed by atoms with Crippen LogP contribution in [-0.4, -0.2) is 33.9 Å². The molecule has 0 aliphatic carbocycles. The number of hydrogen-bond donors (Lipinski definition) is 2. The third-order valence-corrected chi connectivity index (χ3v) is 3.78. The standard InChI is InChI=1S/C17H21N3O4/c1-17(2,16(22)23)20-11-13(10-18-20)19-15(21)9-8-12-6-4-5-7-14(12)24-3/h4-7,10-11H,8-9H2,1-3H3,(H,19,21)(H,22,23). The molecule has 0 aliphatic heterocycles. The fourth-order valence-electron chi connectivity index (χ4n) is 2.17. The lowest BCUT2D eigenvalue weighted by Gasteiger charge is -2.19. The topological polar surface area (TPSA) is 93.5 Å². The van der Waals surface area contributed by atoms with Crippen molar-refractivity contribution in [1.82, 2.24) is 9.78 Å². The number of carboxylic acid groups (broad SMARTS) is 1. The maximum atomic E-state index is 12.1. The molecule has 0 spiro atoms. The molecule has 1 amide bonds.